The molecule has 29 heavy (non-hydrogen) atoms. The van der Waals surface area contributed by atoms with Crippen LogP contribution in [0.4, 0.5) is 0 Å². The van der Waals surface area contributed by atoms with Crippen molar-refractivity contribution in [3.8, 4) is 17.0 Å². The average molecular weight is 386 g/mol. The third-order valence-electron chi connectivity index (χ3n) is 5.42. The van der Waals surface area contributed by atoms with Gasteiger partial charge in [-0.1, -0.05) is 24.3 Å². The topological polar surface area (TPSA) is 66.0 Å². The van der Waals surface area contributed by atoms with Crippen LogP contribution in [0.2, 0.25) is 0 Å². The van der Waals surface area contributed by atoms with Crippen molar-refractivity contribution in [3.63, 3.8) is 0 Å². The molecule has 0 spiro atoms. The number of nitrogens with two attached hydrogens (primary N) is 1. The molecule has 0 bridgehead atoms. The van der Waals surface area contributed by atoms with E-state index in [1.807, 2.05) is 36.8 Å². The number of nitrogens with zero attached hydrogens (tertiary/aromatic N) is 3. The van der Waals surface area contributed by atoms with Crippen molar-refractivity contribution in [2.24, 2.45) is 12.8 Å². The predicted molar refractivity (Wildman–Crippen MR) is 117 cm³/mol. The van der Waals surface area contributed by atoms with E-state index in [1.165, 1.54) is 10.9 Å². The summed E-state index contributed by atoms with van der Waals surface area (Å²) in [6.07, 6.45) is 8.25. The summed E-state index contributed by atoms with van der Waals surface area (Å²) in [5.41, 5.74) is 9.88. The Morgan fingerprint density at radius 3 is 2.66 bits per heavy atom. The Morgan fingerprint density at radius 1 is 1.03 bits per heavy atom. The summed E-state index contributed by atoms with van der Waals surface area (Å²) in [7, 11) is 3.75. The molecule has 0 aliphatic rings. The minimum atomic E-state index is 0.0942. The van der Waals surface area contributed by atoms with Gasteiger partial charge in [0, 0.05) is 42.9 Å². The van der Waals surface area contributed by atoms with Crippen LogP contribution in [-0.2, 0) is 19.9 Å². The van der Waals surface area contributed by atoms with Crippen LogP contribution >= 0.6 is 0 Å². The number of ether oxygens (including phenoxy) is 1. The Kier molecular flexibility index (Phi) is 5.58. The zero-order chi connectivity index (χ0) is 20.2. The molecule has 0 saturated heterocycles. The highest BCUT2D eigenvalue weighted by molar-refractivity contribution is 5.86. The summed E-state index contributed by atoms with van der Waals surface area (Å²) in [6, 6.07) is 16.7. The lowest BCUT2D eigenvalue weighted by Crippen LogP contribution is -2.24. The largest absolute Gasteiger partial charge is 0.497 e. The van der Waals surface area contributed by atoms with Crippen LogP contribution < -0.4 is 10.5 Å². The molecule has 0 aliphatic carbocycles. The Bertz CT molecular complexity index is 1100. The number of hydrogen-bond acceptors (Lipinski definition) is 4. The molecule has 0 saturated carbocycles. The van der Waals surface area contributed by atoms with Gasteiger partial charge in [-0.2, -0.15) is 0 Å². The quantitative estimate of drug-likeness (QED) is 0.518. The molecule has 5 heteroatoms. The Labute approximate surface area is 171 Å². The fraction of sp³-hybridized carbons (Fsp3) is 0.250. The minimum Gasteiger partial charge on any atom is -0.497 e. The highest BCUT2D eigenvalue weighted by atomic mass is 16.5. The van der Waals surface area contributed by atoms with Gasteiger partial charge in [-0.15, -0.1) is 0 Å². The molecule has 2 aromatic carbocycles. The third-order valence-corrected chi connectivity index (χ3v) is 5.42. The van der Waals surface area contributed by atoms with Gasteiger partial charge >= 0.3 is 0 Å². The lowest BCUT2D eigenvalue weighted by molar-refractivity contribution is 0.414. The monoisotopic (exact) mass is 386 g/mol. The van der Waals surface area contributed by atoms with Crippen LogP contribution in [0.15, 0.2) is 67.1 Å². The SMILES string of the molecule is COc1ccc(C[C@H](N)CCc2ncc(-c3ccc4cnccc4c3)n2C)cc1. The van der Waals surface area contributed by atoms with Crippen LogP contribution in [0.5, 0.6) is 5.75 Å². The van der Waals surface area contributed by atoms with Crippen LogP contribution in [-0.4, -0.2) is 27.7 Å². The van der Waals surface area contributed by atoms with E-state index in [9.17, 15) is 0 Å². The van der Waals surface area contributed by atoms with Crippen molar-refractivity contribution < 1.29 is 4.74 Å². The molecule has 148 valence electrons. The molecule has 0 aliphatic heterocycles. The van der Waals surface area contributed by atoms with Crippen molar-refractivity contribution in [2.75, 3.05) is 7.11 Å². The van der Waals surface area contributed by atoms with Gasteiger partial charge in [-0.3, -0.25) is 4.98 Å². The fourth-order valence-electron chi connectivity index (χ4n) is 3.67. The van der Waals surface area contributed by atoms with Crippen molar-refractivity contribution in [1.82, 2.24) is 14.5 Å². The Balaban J connectivity index is 1.42. The highest BCUT2D eigenvalue weighted by Crippen LogP contribution is 2.25. The first-order chi connectivity index (χ1) is 14.1. The maximum atomic E-state index is 6.38. The van der Waals surface area contributed by atoms with E-state index in [-0.39, 0.29) is 6.04 Å². The normalized spacial score (nSPS) is 12.2. The number of aryl methyl sites for hydroxylation is 1. The van der Waals surface area contributed by atoms with Gasteiger partial charge in [0.2, 0.25) is 0 Å². The molecule has 4 rings (SSSR count). The second-order valence-electron chi connectivity index (χ2n) is 7.41. The van der Waals surface area contributed by atoms with Gasteiger partial charge < -0.3 is 15.0 Å². The van der Waals surface area contributed by atoms with Gasteiger partial charge in [0.05, 0.1) is 19.0 Å². The van der Waals surface area contributed by atoms with Crippen molar-refractivity contribution in [2.45, 2.75) is 25.3 Å². The van der Waals surface area contributed by atoms with E-state index >= 15 is 0 Å². The lowest BCUT2D eigenvalue weighted by atomic mass is 10.0. The smallest absolute Gasteiger partial charge is 0.118 e. The Morgan fingerprint density at radius 2 is 1.86 bits per heavy atom. The van der Waals surface area contributed by atoms with Crippen LogP contribution in [0.1, 0.15) is 17.8 Å². The van der Waals surface area contributed by atoms with E-state index in [0.717, 1.165) is 47.5 Å². The molecular formula is C24H26N4O. The maximum Gasteiger partial charge on any atom is 0.118 e. The van der Waals surface area contributed by atoms with Gasteiger partial charge in [0.25, 0.3) is 0 Å². The molecular weight excluding hydrogens is 360 g/mol. The minimum absolute atomic E-state index is 0.0942. The molecule has 1 atom stereocenters. The standard InChI is InChI=1S/C24H26N4O/c1-28-23(19-5-6-20-15-26-12-11-18(20)14-19)16-27-24(28)10-7-21(25)13-17-3-8-22(29-2)9-4-17/h3-6,8-9,11-12,14-16,21H,7,10,13,25H2,1-2H3/t21-/m1/s1. The lowest BCUT2D eigenvalue weighted by Gasteiger charge is -2.12. The summed E-state index contributed by atoms with van der Waals surface area (Å²) in [6.45, 7) is 0. The first kappa shape index (κ1) is 19.2. The van der Waals surface area contributed by atoms with Crippen LogP contribution in [0, 0.1) is 0 Å². The maximum absolute atomic E-state index is 6.38. The molecule has 0 amide bonds. The molecule has 0 unspecified atom stereocenters. The van der Waals surface area contributed by atoms with E-state index in [1.54, 1.807) is 7.11 Å². The zero-order valence-corrected chi connectivity index (χ0v) is 16.9. The van der Waals surface area contributed by atoms with Crippen molar-refractivity contribution >= 4 is 10.8 Å². The van der Waals surface area contributed by atoms with E-state index < -0.39 is 0 Å². The molecule has 2 aromatic heterocycles. The summed E-state index contributed by atoms with van der Waals surface area (Å²) in [5, 5.41) is 2.32. The number of benzene rings is 2. The third kappa shape index (κ3) is 4.30. The molecule has 0 radical (unpaired) electrons. The van der Waals surface area contributed by atoms with Gasteiger partial charge in [0.1, 0.15) is 11.6 Å². The second-order valence-corrected chi connectivity index (χ2v) is 7.41. The number of pyridine rings is 1. The van der Waals surface area contributed by atoms with Gasteiger partial charge in [-0.25, -0.2) is 4.98 Å². The van der Waals surface area contributed by atoms with Crippen molar-refractivity contribution in [1.29, 1.82) is 0 Å². The van der Waals surface area contributed by atoms with Crippen molar-refractivity contribution in [3.05, 3.63) is 78.5 Å². The predicted octanol–water partition coefficient (Wildman–Crippen LogP) is 4.15. The summed E-state index contributed by atoms with van der Waals surface area (Å²) in [5.74, 6) is 1.92. The summed E-state index contributed by atoms with van der Waals surface area (Å²) in [4.78, 5) is 8.83. The van der Waals surface area contributed by atoms with E-state index in [2.05, 4.69) is 51.9 Å². The first-order valence-electron chi connectivity index (χ1n) is 9.87. The number of methoxy groups -OCH3 is 1. The fourth-order valence-corrected chi connectivity index (χ4v) is 3.67. The Hall–Kier alpha value is -3.18. The molecule has 4 aromatic rings. The second kappa shape index (κ2) is 8.45. The number of aromatic nitrogens is 3. The summed E-state index contributed by atoms with van der Waals surface area (Å²) < 4.78 is 7.38. The highest BCUT2D eigenvalue weighted by Gasteiger charge is 2.12. The van der Waals surface area contributed by atoms with Crippen LogP contribution in [0.25, 0.3) is 22.0 Å². The number of hydrogen-bond donors (Lipinski definition) is 1. The molecule has 2 heterocycles. The molecule has 5 nitrogen and oxygen atoms in total. The van der Waals surface area contributed by atoms with Gasteiger partial charge in [0.15, 0.2) is 0 Å². The number of imidazole rings is 1. The molecule has 2 N–H and O–H groups in total. The number of rotatable bonds is 7. The summed E-state index contributed by atoms with van der Waals surface area (Å²) >= 11 is 0. The van der Waals surface area contributed by atoms with Crippen LogP contribution in [0.3, 0.4) is 0 Å². The van der Waals surface area contributed by atoms with E-state index in [4.69, 9.17) is 10.5 Å². The number of fused-ring (bicyclic) bond motifs is 1. The average Bonchev–Trinajstić information content (AvgIpc) is 3.13. The zero-order valence-electron chi connectivity index (χ0n) is 16.9. The van der Waals surface area contributed by atoms with E-state index in [0.29, 0.717) is 0 Å². The first-order valence-corrected chi connectivity index (χ1v) is 9.87. The molecule has 0 fully saturated rings. The van der Waals surface area contributed by atoms with Gasteiger partial charge in [-0.05, 0) is 48.1 Å².